The molecule has 3 unspecified atom stereocenters. The van der Waals surface area contributed by atoms with E-state index in [1.807, 2.05) is 6.92 Å². The second-order valence-electron chi connectivity index (χ2n) is 5.49. The van der Waals surface area contributed by atoms with Crippen molar-refractivity contribution in [2.24, 2.45) is 10.9 Å². The first-order valence-corrected chi connectivity index (χ1v) is 6.57. The molecule has 98 valence electrons. The Morgan fingerprint density at radius 3 is 2.53 bits per heavy atom. The van der Waals surface area contributed by atoms with E-state index in [-0.39, 0.29) is 11.9 Å². The lowest BCUT2D eigenvalue weighted by Crippen LogP contribution is -2.57. The van der Waals surface area contributed by atoms with E-state index in [2.05, 4.69) is 22.4 Å². The third-order valence-electron chi connectivity index (χ3n) is 4.38. The van der Waals surface area contributed by atoms with Gasteiger partial charge < -0.3 is 21.2 Å². The number of piperidine rings is 2. The molecule has 2 aliphatic rings. The molecular weight excluding hydrogens is 216 g/mol. The highest BCUT2D eigenvalue weighted by atomic mass is 16.4. The maximum atomic E-state index is 8.65. The smallest absolute Gasteiger partial charge is 0.156 e. The van der Waals surface area contributed by atoms with Crippen LogP contribution in [0.1, 0.15) is 39.0 Å². The first-order valence-electron chi connectivity index (χ1n) is 6.57. The quantitative estimate of drug-likeness (QED) is 0.294. The van der Waals surface area contributed by atoms with Crippen molar-refractivity contribution in [3.05, 3.63) is 0 Å². The van der Waals surface area contributed by atoms with Gasteiger partial charge in [0.2, 0.25) is 0 Å². The molecule has 0 radical (unpaired) electrons. The van der Waals surface area contributed by atoms with Gasteiger partial charge in [0, 0.05) is 18.1 Å². The molecule has 0 amide bonds. The van der Waals surface area contributed by atoms with Crippen molar-refractivity contribution in [1.29, 1.82) is 0 Å². The molecule has 17 heavy (non-hydrogen) atoms. The van der Waals surface area contributed by atoms with Crippen molar-refractivity contribution < 1.29 is 5.21 Å². The standard InChI is InChI=1S/C12H24N4O/c1-8(12(13)15-17)14-9-6-10-4-3-5-11(7-9)16(10)2/h8-11,14,17H,3-7H2,1-2H3,(H2,13,15). The van der Waals surface area contributed by atoms with Crippen LogP contribution in [0.3, 0.4) is 0 Å². The fraction of sp³-hybridized carbons (Fsp3) is 0.917. The summed E-state index contributed by atoms with van der Waals surface area (Å²) in [5.74, 6) is 0.272. The fourth-order valence-electron chi connectivity index (χ4n) is 3.28. The molecule has 2 saturated heterocycles. The molecule has 5 heteroatoms. The van der Waals surface area contributed by atoms with Crippen molar-refractivity contribution >= 4 is 5.84 Å². The monoisotopic (exact) mass is 240 g/mol. The van der Waals surface area contributed by atoms with Crippen LogP contribution in [-0.4, -0.2) is 47.2 Å². The van der Waals surface area contributed by atoms with E-state index >= 15 is 0 Å². The second kappa shape index (κ2) is 5.23. The average molecular weight is 240 g/mol. The molecule has 2 fully saturated rings. The van der Waals surface area contributed by atoms with Crippen LogP contribution in [0.2, 0.25) is 0 Å². The van der Waals surface area contributed by atoms with Gasteiger partial charge >= 0.3 is 0 Å². The second-order valence-corrected chi connectivity index (χ2v) is 5.49. The Morgan fingerprint density at radius 1 is 1.41 bits per heavy atom. The lowest BCUT2D eigenvalue weighted by molar-refractivity contribution is 0.0478. The van der Waals surface area contributed by atoms with E-state index in [1.165, 1.54) is 32.1 Å². The van der Waals surface area contributed by atoms with Gasteiger partial charge in [-0.25, -0.2) is 0 Å². The zero-order valence-electron chi connectivity index (χ0n) is 10.8. The number of nitrogens with one attached hydrogen (secondary N) is 1. The summed E-state index contributed by atoms with van der Waals surface area (Å²) in [4.78, 5) is 2.54. The van der Waals surface area contributed by atoms with Crippen LogP contribution in [0.15, 0.2) is 5.16 Å². The fourth-order valence-corrected chi connectivity index (χ4v) is 3.28. The molecule has 5 nitrogen and oxygen atoms in total. The summed E-state index contributed by atoms with van der Waals surface area (Å²) < 4.78 is 0. The van der Waals surface area contributed by atoms with E-state index in [1.54, 1.807) is 0 Å². The Labute approximate surface area is 103 Å². The van der Waals surface area contributed by atoms with Gasteiger partial charge in [-0.3, -0.25) is 0 Å². The number of nitrogens with zero attached hydrogens (tertiary/aromatic N) is 2. The van der Waals surface area contributed by atoms with Crippen molar-refractivity contribution in [3.8, 4) is 0 Å². The van der Waals surface area contributed by atoms with Crippen LogP contribution in [0.4, 0.5) is 0 Å². The summed E-state index contributed by atoms with van der Waals surface area (Å²) >= 11 is 0. The number of rotatable bonds is 3. The Bertz CT molecular complexity index is 280. The minimum Gasteiger partial charge on any atom is -0.409 e. The summed E-state index contributed by atoms with van der Waals surface area (Å²) in [7, 11) is 2.25. The van der Waals surface area contributed by atoms with Gasteiger partial charge in [0.15, 0.2) is 5.84 Å². The molecule has 3 atom stereocenters. The minimum atomic E-state index is -0.0471. The van der Waals surface area contributed by atoms with E-state index in [0.717, 1.165) is 0 Å². The summed E-state index contributed by atoms with van der Waals surface area (Å²) in [6.07, 6.45) is 6.33. The number of nitrogens with two attached hydrogens (primary N) is 1. The van der Waals surface area contributed by atoms with Gasteiger partial charge in [-0.2, -0.15) is 0 Å². The molecule has 0 saturated carbocycles. The average Bonchev–Trinajstić information content (AvgIpc) is 2.29. The number of amidine groups is 1. The summed E-state index contributed by atoms with van der Waals surface area (Å²) in [6, 6.07) is 1.87. The van der Waals surface area contributed by atoms with Crippen LogP contribution < -0.4 is 11.1 Å². The Kier molecular flexibility index (Phi) is 3.89. The van der Waals surface area contributed by atoms with Crippen molar-refractivity contribution in [2.45, 2.75) is 63.2 Å². The highest BCUT2D eigenvalue weighted by Gasteiger charge is 2.36. The molecule has 0 aromatic heterocycles. The topological polar surface area (TPSA) is 73.9 Å². The summed E-state index contributed by atoms with van der Waals surface area (Å²) in [6.45, 7) is 1.95. The van der Waals surface area contributed by atoms with Crippen molar-refractivity contribution in [2.75, 3.05) is 7.05 Å². The lowest BCUT2D eigenvalue weighted by atomic mass is 9.82. The van der Waals surface area contributed by atoms with Gasteiger partial charge in [-0.05, 0) is 39.7 Å². The molecule has 2 heterocycles. The van der Waals surface area contributed by atoms with Crippen molar-refractivity contribution in [3.63, 3.8) is 0 Å². The third kappa shape index (κ3) is 2.72. The SMILES string of the molecule is CC(NC1CC2CCCC(C1)N2C)C(N)=NO. The summed E-state index contributed by atoms with van der Waals surface area (Å²) in [5.41, 5.74) is 5.60. The van der Waals surface area contributed by atoms with E-state index in [4.69, 9.17) is 10.9 Å². The first kappa shape index (κ1) is 12.6. The Balaban J connectivity index is 1.91. The Morgan fingerprint density at radius 2 is 2.00 bits per heavy atom. The van der Waals surface area contributed by atoms with E-state index in [0.29, 0.717) is 18.1 Å². The molecule has 2 rings (SSSR count). The molecule has 0 aromatic rings. The molecule has 4 N–H and O–H groups in total. The number of fused-ring (bicyclic) bond motifs is 2. The molecule has 0 spiro atoms. The minimum absolute atomic E-state index is 0.0471. The van der Waals surface area contributed by atoms with E-state index < -0.39 is 0 Å². The molecule has 0 aliphatic carbocycles. The zero-order valence-corrected chi connectivity index (χ0v) is 10.8. The first-order chi connectivity index (χ1) is 8.11. The van der Waals surface area contributed by atoms with Crippen LogP contribution in [0, 0.1) is 0 Å². The highest BCUT2D eigenvalue weighted by molar-refractivity contribution is 5.84. The summed E-state index contributed by atoms with van der Waals surface area (Å²) in [5, 5.41) is 15.2. The lowest BCUT2D eigenvalue weighted by Gasteiger charge is -2.47. The third-order valence-corrected chi connectivity index (χ3v) is 4.38. The van der Waals surface area contributed by atoms with Crippen LogP contribution in [0.25, 0.3) is 0 Å². The van der Waals surface area contributed by atoms with Crippen LogP contribution >= 0.6 is 0 Å². The predicted octanol–water partition coefficient (Wildman–Crippen LogP) is 0.726. The Hall–Kier alpha value is -0.810. The number of oxime groups is 1. The normalized spacial score (nSPS) is 36.8. The molecule has 2 aliphatic heterocycles. The molecular formula is C12H24N4O. The van der Waals surface area contributed by atoms with Gasteiger partial charge in [-0.1, -0.05) is 11.6 Å². The van der Waals surface area contributed by atoms with Gasteiger partial charge in [0.05, 0.1) is 6.04 Å². The zero-order chi connectivity index (χ0) is 12.4. The number of hydrogen-bond acceptors (Lipinski definition) is 4. The maximum Gasteiger partial charge on any atom is 0.156 e. The van der Waals surface area contributed by atoms with Crippen molar-refractivity contribution in [1.82, 2.24) is 10.2 Å². The van der Waals surface area contributed by atoms with Crippen LogP contribution in [0.5, 0.6) is 0 Å². The maximum absolute atomic E-state index is 8.65. The van der Waals surface area contributed by atoms with Crippen LogP contribution in [-0.2, 0) is 0 Å². The predicted molar refractivity (Wildman–Crippen MR) is 68.2 cm³/mol. The van der Waals surface area contributed by atoms with E-state index in [9.17, 15) is 0 Å². The van der Waals surface area contributed by atoms with Gasteiger partial charge in [0.1, 0.15) is 0 Å². The largest absolute Gasteiger partial charge is 0.409 e. The molecule has 2 bridgehead atoms. The van der Waals surface area contributed by atoms with Gasteiger partial charge in [0.25, 0.3) is 0 Å². The molecule has 0 aromatic carbocycles. The number of hydrogen-bond donors (Lipinski definition) is 3. The van der Waals surface area contributed by atoms with Gasteiger partial charge in [-0.15, -0.1) is 0 Å². The highest BCUT2D eigenvalue weighted by Crippen LogP contribution is 2.32.